The van der Waals surface area contributed by atoms with Gasteiger partial charge in [0.25, 0.3) is 0 Å². The second-order valence-corrected chi connectivity index (χ2v) is 8.20. The molecule has 0 aliphatic carbocycles. The topological polar surface area (TPSA) is 323 Å². The van der Waals surface area contributed by atoms with Gasteiger partial charge in [0.15, 0.2) is 11.9 Å². The van der Waals surface area contributed by atoms with Crippen LogP contribution in [-0.4, -0.2) is 83.9 Å². The van der Waals surface area contributed by atoms with E-state index in [1.54, 1.807) is 0 Å². The number of nitrogens with zero attached hydrogens (tertiary/aromatic N) is 2. The van der Waals surface area contributed by atoms with Gasteiger partial charge in [0.1, 0.15) is 18.1 Å². The fourth-order valence-electron chi connectivity index (χ4n) is 2.90. The highest BCUT2D eigenvalue weighted by Crippen LogP contribution is 2.05. The summed E-state index contributed by atoms with van der Waals surface area (Å²) in [5, 5.41) is 16.4. The smallest absolute Gasteiger partial charge is 0.325 e. The van der Waals surface area contributed by atoms with Gasteiger partial charge >= 0.3 is 5.97 Å². The van der Waals surface area contributed by atoms with Crippen LogP contribution in [0.3, 0.4) is 0 Å². The average Bonchev–Trinajstić information content (AvgIpc) is 2.80. The standard InChI is InChI=1S/C20H39N11O6/c1-10(18(36)37)29-16(34)12(4-2-8-27-19(23)24)31-17(35)13(5-3-9-28-20(25)26)30-15(33)11(21)6-7-14(22)32/h10-13H,2-9,21H2,1H3,(H2,22,32)(H,29,34)(H,30,33)(H,31,35)(H,36,37)(H4,23,24,27)(H4,25,26,28). The minimum absolute atomic E-state index is 0.0353. The number of aliphatic imine (C=N–C) groups is 2. The number of aliphatic carboxylic acids is 1. The van der Waals surface area contributed by atoms with Crippen LogP contribution >= 0.6 is 0 Å². The second kappa shape index (κ2) is 17.3. The Labute approximate surface area is 214 Å². The van der Waals surface area contributed by atoms with E-state index in [0.717, 1.165) is 0 Å². The number of hydrogen-bond donors (Lipinski definition) is 10. The van der Waals surface area contributed by atoms with E-state index < -0.39 is 53.8 Å². The Morgan fingerprint density at radius 2 is 1.16 bits per heavy atom. The van der Waals surface area contributed by atoms with Crippen LogP contribution in [0.15, 0.2) is 9.98 Å². The molecule has 4 unspecified atom stereocenters. The van der Waals surface area contributed by atoms with E-state index in [9.17, 15) is 24.0 Å². The molecule has 0 saturated heterocycles. The van der Waals surface area contributed by atoms with E-state index in [4.69, 9.17) is 39.5 Å². The first-order valence-corrected chi connectivity index (χ1v) is 11.5. The van der Waals surface area contributed by atoms with E-state index >= 15 is 0 Å². The number of hydrogen-bond acceptors (Lipinski definition) is 8. The van der Waals surface area contributed by atoms with Gasteiger partial charge in [-0.2, -0.15) is 0 Å². The summed E-state index contributed by atoms with van der Waals surface area (Å²) in [5.74, 6) is -4.41. The number of carbonyl (C=O) groups is 5. The van der Waals surface area contributed by atoms with Crippen LogP contribution in [0, 0.1) is 0 Å². The summed E-state index contributed by atoms with van der Waals surface area (Å²) in [6.07, 6.45) is 0.530. The van der Waals surface area contributed by atoms with Gasteiger partial charge in [-0.1, -0.05) is 0 Å². The molecule has 0 aromatic heterocycles. The lowest BCUT2D eigenvalue weighted by atomic mass is 10.1. The first kappa shape index (κ1) is 32.8. The van der Waals surface area contributed by atoms with Crippen molar-refractivity contribution in [2.24, 2.45) is 44.4 Å². The molecule has 0 bridgehead atoms. The molecule has 0 radical (unpaired) electrons. The number of primary amides is 1. The highest BCUT2D eigenvalue weighted by atomic mass is 16.4. The molecule has 4 amide bonds. The van der Waals surface area contributed by atoms with Crippen molar-refractivity contribution >= 4 is 41.5 Å². The fourth-order valence-corrected chi connectivity index (χ4v) is 2.90. The average molecular weight is 530 g/mol. The van der Waals surface area contributed by atoms with Crippen molar-refractivity contribution in [3.05, 3.63) is 0 Å². The lowest BCUT2D eigenvalue weighted by molar-refractivity contribution is -0.141. The number of carboxylic acids is 1. The fraction of sp³-hybridized carbons (Fsp3) is 0.650. The van der Waals surface area contributed by atoms with E-state index in [1.165, 1.54) is 6.92 Å². The summed E-state index contributed by atoms with van der Waals surface area (Å²) in [5.41, 5.74) is 32.0. The van der Waals surface area contributed by atoms with Crippen molar-refractivity contribution in [3.63, 3.8) is 0 Å². The van der Waals surface area contributed by atoms with E-state index in [2.05, 4.69) is 25.9 Å². The molecule has 0 saturated carbocycles. The molecule has 210 valence electrons. The van der Waals surface area contributed by atoms with Crippen LogP contribution in [0.25, 0.3) is 0 Å². The molecule has 17 heteroatoms. The van der Waals surface area contributed by atoms with E-state index in [1.807, 2.05) is 0 Å². The van der Waals surface area contributed by atoms with Crippen LogP contribution in [0.5, 0.6) is 0 Å². The highest BCUT2D eigenvalue weighted by molar-refractivity contribution is 5.94. The van der Waals surface area contributed by atoms with Gasteiger partial charge < -0.3 is 55.5 Å². The monoisotopic (exact) mass is 529 g/mol. The Bertz CT molecular complexity index is 856. The van der Waals surface area contributed by atoms with Crippen molar-refractivity contribution in [1.29, 1.82) is 0 Å². The van der Waals surface area contributed by atoms with Crippen LogP contribution in [0.1, 0.15) is 45.4 Å². The number of nitrogens with two attached hydrogens (primary N) is 6. The first-order valence-electron chi connectivity index (χ1n) is 11.5. The van der Waals surface area contributed by atoms with E-state index in [-0.39, 0.29) is 63.5 Å². The maximum Gasteiger partial charge on any atom is 0.325 e. The summed E-state index contributed by atoms with van der Waals surface area (Å²) < 4.78 is 0. The minimum Gasteiger partial charge on any atom is -0.480 e. The van der Waals surface area contributed by atoms with Gasteiger partial charge in [-0.3, -0.25) is 34.0 Å². The summed E-state index contributed by atoms with van der Waals surface area (Å²) >= 11 is 0. The zero-order chi connectivity index (χ0) is 28.5. The summed E-state index contributed by atoms with van der Waals surface area (Å²) in [4.78, 5) is 68.0. The molecule has 0 aromatic rings. The predicted molar refractivity (Wildman–Crippen MR) is 135 cm³/mol. The van der Waals surface area contributed by atoms with Gasteiger partial charge in [-0.25, -0.2) is 0 Å². The third-order valence-corrected chi connectivity index (χ3v) is 4.92. The third-order valence-electron chi connectivity index (χ3n) is 4.92. The molecular weight excluding hydrogens is 490 g/mol. The molecule has 0 aliphatic rings. The molecule has 0 heterocycles. The molecule has 0 spiro atoms. The predicted octanol–water partition coefficient (Wildman–Crippen LogP) is -4.75. The molecule has 4 atom stereocenters. The Morgan fingerprint density at radius 1 is 0.730 bits per heavy atom. The quantitative estimate of drug-likeness (QED) is 0.0456. The zero-order valence-corrected chi connectivity index (χ0v) is 20.8. The Morgan fingerprint density at radius 3 is 1.57 bits per heavy atom. The summed E-state index contributed by atoms with van der Waals surface area (Å²) in [6, 6.07) is -4.64. The van der Waals surface area contributed by atoms with E-state index in [0.29, 0.717) is 0 Å². The van der Waals surface area contributed by atoms with Gasteiger partial charge in [0, 0.05) is 19.5 Å². The minimum atomic E-state index is -1.27. The lowest BCUT2D eigenvalue weighted by Gasteiger charge is -2.24. The largest absolute Gasteiger partial charge is 0.480 e. The molecule has 0 fully saturated rings. The Hall–Kier alpha value is -4.15. The number of guanidine groups is 2. The Kier molecular flexibility index (Phi) is 15.4. The number of amides is 4. The molecule has 0 aliphatic heterocycles. The lowest BCUT2D eigenvalue weighted by Crippen LogP contribution is -2.56. The van der Waals surface area contributed by atoms with Crippen LogP contribution in [0.4, 0.5) is 0 Å². The SMILES string of the molecule is CC(NC(=O)C(CCCN=C(N)N)NC(=O)C(CCCN=C(N)N)NC(=O)C(N)CCC(N)=O)C(=O)O. The van der Waals surface area contributed by atoms with Crippen molar-refractivity contribution < 1.29 is 29.1 Å². The van der Waals surface area contributed by atoms with Gasteiger partial charge in [0.2, 0.25) is 23.6 Å². The maximum absolute atomic E-state index is 13.1. The number of nitrogens with one attached hydrogen (secondary N) is 3. The second-order valence-electron chi connectivity index (χ2n) is 8.20. The first-order chi connectivity index (χ1) is 17.2. The third kappa shape index (κ3) is 15.5. The molecule has 16 N–H and O–H groups in total. The van der Waals surface area contributed by atoms with Crippen molar-refractivity contribution in [2.75, 3.05) is 13.1 Å². The highest BCUT2D eigenvalue weighted by Gasteiger charge is 2.29. The number of rotatable bonds is 18. The molecule has 37 heavy (non-hydrogen) atoms. The number of carboxylic acid groups (broad SMARTS) is 1. The summed E-state index contributed by atoms with van der Waals surface area (Å²) in [7, 11) is 0. The van der Waals surface area contributed by atoms with Crippen LogP contribution < -0.4 is 50.4 Å². The molecule has 0 rings (SSSR count). The maximum atomic E-state index is 13.1. The summed E-state index contributed by atoms with van der Waals surface area (Å²) in [6.45, 7) is 1.58. The normalized spacial score (nSPS) is 13.7. The zero-order valence-electron chi connectivity index (χ0n) is 20.8. The van der Waals surface area contributed by atoms with Crippen LogP contribution in [0.2, 0.25) is 0 Å². The van der Waals surface area contributed by atoms with Gasteiger partial charge in [0.05, 0.1) is 6.04 Å². The van der Waals surface area contributed by atoms with Gasteiger partial charge in [-0.15, -0.1) is 0 Å². The molecular formula is C20H39N11O6. The van der Waals surface area contributed by atoms with Crippen LogP contribution in [-0.2, 0) is 24.0 Å². The number of carbonyl (C=O) groups excluding carboxylic acids is 4. The molecule has 0 aromatic carbocycles. The van der Waals surface area contributed by atoms with Gasteiger partial charge in [-0.05, 0) is 39.0 Å². The van der Waals surface area contributed by atoms with Crippen molar-refractivity contribution in [1.82, 2.24) is 16.0 Å². The van der Waals surface area contributed by atoms with Crippen molar-refractivity contribution in [2.45, 2.75) is 69.6 Å². The molecule has 17 nitrogen and oxygen atoms in total. The Balaban J connectivity index is 5.57. The van der Waals surface area contributed by atoms with Crippen molar-refractivity contribution in [3.8, 4) is 0 Å².